The molecule has 2 nitrogen and oxygen atoms in total. The van der Waals surface area contributed by atoms with Crippen LogP contribution in [-0.4, -0.2) is 17.8 Å². The summed E-state index contributed by atoms with van der Waals surface area (Å²) in [5.41, 5.74) is 0. The van der Waals surface area contributed by atoms with Gasteiger partial charge in [-0.05, 0) is 28.1 Å². The zero-order valence-electron chi connectivity index (χ0n) is 8.58. The van der Waals surface area contributed by atoms with Crippen LogP contribution in [0.1, 0.15) is 13.8 Å². The molecule has 0 saturated heterocycles. The van der Waals surface area contributed by atoms with Gasteiger partial charge in [0.25, 0.3) is 0 Å². The van der Waals surface area contributed by atoms with Gasteiger partial charge in [-0.25, -0.2) is 4.98 Å². The second-order valence-corrected chi connectivity index (χ2v) is 5.01. The number of rotatable bonds is 4. The SMILES string of the molecule is CSc1cc(OCC(C)C)cc(Br)n1. The van der Waals surface area contributed by atoms with E-state index >= 15 is 0 Å². The molecule has 0 fully saturated rings. The van der Waals surface area contributed by atoms with Crippen molar-refractivity contribution >= 4 is 27.7 Å². The Kier molecular flexibility index (Phi) is 4.75. The van der Waals surface area contributed by atoms with E-state index in [2.05, 4.69) is 34.8 Å². The van der Waals surface area contributed by atoms with Crippen LogP contribution < -0.4 is 4.74 Å². The Labute approximate surface area is 97.6 Å². The minimum absolute atomic E-state index is 0.541. The number of aromatic nitrogens is 1. The molecule has 0 N–H and O–H groups in total. The topological polar surface area (TPSA) is 22.1 Å². The van der Waals surface area contributed by atoms with Crippen molar-refractivity contribution in [3.8, 4) is 5.75 Å². The summed E-state index contributed by atoms with van der Waals surface area (Å²) >= 11 is 4.97. The molecule has 0 aliphatic heterocycles. The minimum atomic E-state index is 0.541. The van der Waals surface area contributed by atoms with Crippen LogP contribution in [0.25, 0.3) is 0 Å². The van der Waals surface area contributed by atoms with Crippen molar-refractivity contribution < 1.29 is 4.74 Å². The van der Waals surface area contributed by atoms with Crippen LogP contribution in [0.15, 0.2) is 21.8 Å². The predicted molar refractivity (Wildman–Crippen MR) is 64.1 cm³/mol. The fraction of sp³-hybridized carbons (Fsp3) is 0.500. The van der Waals surface area contributed by atoms with Crippen LogP contribution in [0.4, 0.5) is 0 Å². The van der Waals surface area contributed by atoms with E-state index in [1.165, 1.54) is 0 Å². The Hall–Kier alpha value is -0.220. The van der Waals surface area contributed by atoms with E-state index in [4.69, 9.17) is 4.74 Å². The first kappa shape index (κ1) is 11.9. The summed E-state index contributed by atoms with van der Waals surface area (Å²) in [5, 5.41) is 0.970. The summed E-state index contributed by atoms with van der Waals surface area (Å²) in [6, 6.07) is 3.85. The van der Waals surface area contributed by atoms with Crippen LogP contribution in [0.2, 0.25) is 0 Å². The first-order valence-corrected chi connectivity index (χ1v) is 6.48. The van der Waals surface area contributed by atoms with Gasteiger partial charge in [0, 0.05) is 12.1 Å². The first-order chi connectivity index (χ1) is 6.61. The molecule has 0 bridgehead atoms. The molecule has 0 unspecified atom stereocenters. The molecule has 1 aromatic heterocycles. The maximum absolute atomic E-state index is 5.61. The van der Waals surface area contributed by atoms with Gasteiger partial charge in [-0.15, -0.1) is 11.8 Å². The Morgan fingerprint density at radius 1 is 1.50 bits per heavy atom. The summed E-state index contributed by atoms with van der Waals surface area (Å²) in [7, 11) is 0. The number of thioether (sulfide) groups is 1. The Bertz CT molecular complexity index is 304. The van der Waals surface area contributed by atoms with Gasteiger partial charge in [0.15, 0.2) is 0 Å². The smallest absolute Gasteiger partial charge is 0.124 e. The zero-order valence-corrected chi connectivity index (χ0v) is 11.0. The van der Waals surface area contributed by atoms with Crippen molar-refractivity contribution in [2.75, 3.05) is 12.9 Å². The highest BCUT2D eigenvalue weighted by Gasteiger charge is 2.02. The molecule has 0 aliphatic rings. The summed E-state index contributed by atoms with van der Waals surface area (Å²) < 4.78 is 6.43. The maximum Gasteiger partial charge on any atom is 0.124 e. The molecule has 78 valence electrons. The molecular weight excluding hydrogens is 262 g/mol. The number of pyridine rings is 1. The largest absolute Gasteiger partial charge is 0.493 e. The second-order valence-electron chi connectivity index (χ2n) is 3.37. The van der Waals surface area contributed by atoms with E-state index in [-0.39, 0.29) is 0 Å². The van der Waals surface area contributed by atoms with E-state index < -0.39 is 0 Å². The average molecular weight is 276 g/mol. The number of hydrogen-bond donors (Lipinski definition) is 0. The lowest BCUT2D eigenvalue weighted by Crippen LogP contribution is -2.04. The summed E-state index contributed by atoms with van der Waals surface area (Å²) in [5.74, 6) is 1.42. The monoisotopic (exact) mass is 275 g/mol. The average Bonchev–Trinajstić information content (AvgIpc) is 2.14. The third-order valence-electron chi connectivity index (χ3n) is 1.54. The molecule has 14 heavy (non-hydrogen) atoms. The van der Waals surface area contributed by atoms with E-state index in [1.54, 1.807) is 11.8 Å². The van der Waals surface area contributed by atoms with Crippen LogP contribution in [-0.2, 0) is 0 Å². The molecule has 1 heterocycles. The summed E-state index contributed by atoms with van der Waals surface area (Å²) in [6.45, 7) is 5.00. The molecule has 0 aliphatic carbocycles. The van der Waals surface area contributed by atoms with Gasteiger partial charge in [-0.3, -0.25) is 0 Å². The first-order valence-electron chi connectivity index (χ1n) is 4.46. The lowest BCUT2D eigenvalue weighted by Gasteiger charge is -2.09. The lowest BCUT2D eigenvalue weighted by molar-refractivity contribution is 0.270. The van der Waals surface area contributed by atoms with Crippen molar-refractivity contribution in [3.63, 3.8) is 0 Å². The predicted octanol–water partition coefficient (Wildman–Crippen LogP) is 3.60. The van der Waals surface area contributed by atoms with E-state index in [9.17, 15) is 0 Å². The molecule has 1 rings (SSSR count). The maximum atomic E-state index is 5.61. The minimum Gasteiger partial charge on any atom is -0.493 e. The highest BCUT2D eigenvalue weighted by molar-refractivity contribution is 9.10. The van der Waals surface area contributed by atoms with Crippen molar-refractivity contribution in [2.24, 2.45) is 5.92 Å². The molecule has 4 heteroatoms. The highest BCUT2D eigenvalue weighted by atomic mass is 79.9. The van der Waals surface area contributed by atoms with Gasteiger partial charge in [-0.1, -0.05) is 13.8 Å². The molecule has 0 amide bonds. The molecule has 1 aromatic rings. The van der Waals surface area contributed by atoms with Crippen LogP contribution in [0.5, 0.6) is 5.75 Å². The number of ether oxygens (including phenoxy) is 1. The highest BCUT2D eigenvalue weighted by Crippen LogP contribution is 2.23. The van der Waals surface area contributed by atoms with Gasteiger partial charge in [-0.2, -0.15) is 0 Å². The molecule has 0 aromatic carbocycles. The quantitative estimate of drug-likeness (QED) is 0.619. The standard InChI is InChI=1S/C10H14BrNOS/c1-7(2)6-13-8-4-9(11)12-10(5-8)14-3/h4-5,7H,6H2,1-3H3. The van der Waals surface area contributed by atoms with Gasteiger partial charge in [0.2, 0.25) is 0 Å². The van der Waals surface area contributed by atoms with E-state index in [0.717, 1.165) is 22.0 Å². The Morgan fingerprint density at radius 2 is 2.21 bits per heavy atom. The third-order valence-corrected chi connectivity index (χ3v) is 2.57. The second kappa shape index (κ2) is 5.61. The number of nitrogens with zero attached hydrogens (tertiary/aromatic N) is 1. The molecular formula is C10H14BrNOS. The number of hydrogen-bond acceptors (Lipinski definition) is 3. The van der Waals surface area contributed by atoms with Crippen LogP contribution in [0.3, 0.4) is 0 Å². The van der Waals surface area contributed by atoms with Gasteiger partial charge in [0.1, 0.15) is 15.4 Å². The van der Waals surface area contributed by atoms with E-state index in [1.807, 2.05) is 18.4 Å². The molecule has 0 radical (unpaired) electrons. The summed E-state index contributed by atoms with van der Waals surface area (Å²) in [4.78, 5) is 4.28. The van der Waals surface area contributed by atoms with Crippen molar-refractivity contribution in [1.82, 2.24) is 4.98 Å². The van der Waals surface area contributed by atoms with Crippen LogP contribution >= 0.6 is 27.7 Å². The molecule has 0 spiro atoms. The number of halogens is 1. The fourth-order valence-corrected chi connectivity index (χ4v) is 1.86. The van der Waals surface area contributed by atoms with Gasteiger partial charge >= 0.3 is 0 Å². The van der Waals surface area contributed by atoms with Gasteiger partial charge < -0.3 is 4.74 Å². The normalized spacial score (nSPS) is 10.6. The van der Waals surface area contributed by atoms with Crippen LogP contribution in [0, 0.1) is 5.92 Å². The molecule has 0 saturated carbocycles. The lowest BCUT2D eigenvalue weighted by atomic mass is 10.2. The van der Waals surface area contributed by atoms with E-state index in [0.29, 0.717) is 5.92 Å². The van der Waals surface area contributed by atoms with Crippen molar-refractivity contribution in [2.45, 2.75) is 18.9 Å². The molecule has 0 atom stereocenters. The fourth-order valence-electron chi connectivity index (χ4n) is 0.901. The van der Waals surface area contributed by atoms with Crippen molar-refractivity contribution in [1.29, 1.82) is 0 Å². The van der Waals surface area contributed by atoms with Gasteiger partial charge in [0.05, 0.1) is 6.61 Å². The third kappa shape index (κ3) is 3.88. The Morgan fingerprint density at radius 3 is 2.79 bits per heavy atom. The Balaban J connectivity index is 2.71. The summed E-state index contributed by atoms with van der Waals surface area (Å²) in [6.07, 6.45) is 2.00. The van der Waals surface area contributed by atoms with Crippen molar-refractivity contribution in [3.05, 3.63) is 16.7 Å². The zero-order chi connectivity index (χ0) is 10.6.